The highest BCUT2D eigenvalue weighted by molar-refractivity contribution is 5.76. The number of hydrogen-bond acceptors (Lipinski definition) is 4. The quantitative estimate of drug-likeness (QED) is 0.689. The van der Waals surface area contributed by atoms with Gasteiger partial charge in [-0.1, -0.05) is 60.7 Å². The molecule has 1 aromatic heterocycles. The first kappa shape index (κ1) is 18.2. The zero-order valence-electron chi connectivity index (χ0n) is 15.9. The first-order valence-electron chi connectivity index (χ1n) is 9.74. The minimum absolute atomic E-state index is 0.233. The molecule has 0 aliphatic carbocycles. The minimum Gasteiger partial charge on any atom is -0.353 e. The summed E-state index contributed by atoms with van der Waals surface area (Å²) in [5.41, 5.74) is 3.22. The lowest BCUT2D eigenvalue weighted by Gasteiger charge is -2.35. The van der Waals surface area contributed by atoms with Gasteiger partial charge >= 0.3 is 0 Å². The van der Waals surface area contributed by atoms with Gasteiger partial charge in [0.2, 0.25) is 5.91 Å². The molecule has 0 radical (unpaired) electrons. The van der Waals surface area contributed by atoms with Crippen LogP contribution in [0.5, 0.6) is 0 Å². The molecule has 0 atom stereocenters. The van der Waals surface area contributed by atoms with Crippen LogP contribution in [0.2, 0.25) is 0 Å². The Bertz CT molecular complexity index is 906. The number of aryl methyl sites for hydroxylation is 1. The molecule has 1 fully saturated rings. The van der Waals surface area contributed by atoms with E-state index >= 15 is 0 Å². The number of carbonyl (C=O) groups excluding carboxylic acids is 1. The molecular formula is C23H24N4O. The highest BCUT2D eigenvalue weighted by atomic mass is 16.2. The average molecular weight is 372 g/mol. The summed E-state index contributed by atoms with van der Waals surface area (Å²) >= 11 is 0. The Kier molecular flexibility index (Phi) is 5.61. The zero-order chi connectivity index (χ0) is 19.2. The summed E-state index contributed by atoms with van der Waals surface area (Å²) in [7, 11) is 0. The lowest BCUT2D eigenvalue weighted by atomic mass is 10.1. The van der Waals surface area contributed by atoms with Crippen LogP contribution in [0.25, 0.3) is 11.3 Å². The number of anilines is 1. The normalized spacial score (nSPS) is 14.1. The van der Waals surface area contributed by atoms with Crippen molar-refractivity contribution in [3.63, 3.8) is 0 Å². The Hall–Kier alpha value is -3.21. The van der Waals surface area contributed by atoms with Crippen LogP contribution in [0.15, 0.2) is 73.1 Å². The van der Waals surface area contributed by atoms with Gasteiger partial charge in [0.1, 0.15) is 12.1 Å². The van der Waals surface area contributed by atoms with Crippen molar-refractivity contribution in [3.05, 3.63) is 78.6 Å². The van der Waals surface area contributed by atoms with Crippen LogP contribution in [-0.2, 0) is 11.2 Å². The second-order valence-corrected chi connectivity index (χ2v) is 6.98. The second kappa shape index (κ2) is 8.65. The largest absolute Gasteiger partial charge is 0.353 e. The van der Waals surface area contributed by atoms with Gasteiger partial charge in [-0.15, -0.1) is 0 Å². The van der Waals surface area contributed by atoms with E-state index < -0.39 is 0 Å². The molecule has 4 rings (SSSR count). The third-order valence-electron chi connectivity index (χ3n) is 5.15. The minimum atomic E-state index is 0.233. The van der Waals surface area contributed by atoms with Crippen LogP contribution in [0.4, 0.5) is 5.82 Å². The number of benzene rings is 2. The average Bonchev–Trinajstić information content (AvgIpc) is 2.79. The molecule has 0 bridgehead atoms. The highest BCUT2D eigenvalue weighted by Gasteiger charge is 2.22. The molecule has 5 nitrogen and oxygen atoms in total. The number of hydrogen-bond donors (Lipinski definition) is 0. The van der Waals surface area contributed by atoms with Crippen LogP contribution < -0.4 is 4.90 Å². The summed E-state index contributed by atoms with van der Waals surface area (Å²) in [5, 5.41) is 0. The smallest absolute Gasteiger partial charge is 0.223 e. The van der Waals surface area contributed by atoms with Gasteiger partial charge in [-0.2, -0.15) is 0 Å². The molecule has 1 amide bonds. The summed E-state index contributed by atoms with van der Waals surface area (Å²) in [6, 6.07) is 22.3. The van der Waals surface area contributed by atoms with Crippen LogP contribution in [0.1, 0.15) is 12.0 Å². The van der Waals surface area contributed by atoms with Crippen LogP contribution >= 0.6 is 0 Å². The van der Waals surface area contributed by atoms with Gasteiger partial charge in [-0.05, 0) is 12.0 Å². The molecule has 2 aromatic carbocycles. The Morgan fingerprint density at radius 2 is 1.54 bits per heavy atom. The third kappa shape index (κ3) is 4.36. The number of piperazine rings is 1. The predicted molar refractivity (Wildman–Crippen MR) is 111 cm³/mol. The van der Waals surface area contributed by atoms with Crippen molar-refractivity contribution < 1.29 is 4.79 Å². The Morgan fingerprint density at radius 1 is 0.857 bits per heavy atom. The number of rotatable bonds is 5. The molecule has 0 saturated carbocycles. The molecular weight excluding hydrogens is 348 g/mol. The molecule has 5 heteroatoms. The van der Waals surface area contributed by atoms with Gasteiger partial charge in [0.05, 0.1) is 5.69 Å². The first-order chi connectivity index (χ1) is 13.8. The van der Waals surface area contributed by atoms with Crippen molar-refractivity contribution in [1.82, 2.24) is 14.9 Å². The molecule has 3 aromatic rings. The lowest BCUT2D eigenvalue weighted by Crippen LogP contribution is -2.49. The Labute approximate surface area is 165 Å². The van der Waals surface area contributed by atoms with Crippen LogP contribution in [-0.4, -0.2) is 47.0 Å². The van der Waals surface area contributed by atoms with Gasteiger partial charge in [0.15, 0.2) is 0 Å². The zero-order valence-corrected chi connectivity index (χ0v) is 15.9. The number of carbonyl (C=O) groups is 1. The van der Waals surface area contributed by atoms with Crippen LogP contribution in [0.3, 0.4) is 0 Å². The molecule has 1 aliphatic heterocycles. The second-order valence-electron chi connectivity index (χ2n) is 6.98. The van der Waals surface area contributed by atoms with Crippen molar-refractivity contribution in [1.29, 1.82) is 0 Å². The fourth-order valence-electron chi connectivity index (χ4n) is 3.53. The molecule has 0 spiro atoms. The van der Waals surface area contributed by atoms with Gasteiger partial charge in [0, 0.05) is 44.2 Å². The maximum atomic E-state index is 12.5. The summed E-state index contributed by atoms with van der Waals surface area (Å²) in [5.74, 6) is 1.15. The summed E-state index contributed by atoms with van der Waals surface area (Å²) in [6.07, 6.45) is 2.98. The molecule has 0 unspecified atom stereocenters. The molecule has 28 heavy (non-hydrogen) atoms. The maximum absolute atomic E-state index is 12.5. The third-order valence-corrected chi connectivity index (χ3v) is 5.15. The fraction of sp³-hybridized carbons (Fsp3) is 0.261. The van der Waals surface area contributed by atoms with E-state index in [9.17, 15) is 4.79 Å². The maximum Gasteiger partial charge on any atom is 0.223 e. The lowest BCUT2D eigenvalue weighted by molar-refractivity contribution is -0.131. The number of nitrogens with zero attached hydrogens (tertiary/aromatic N) is 4. The van der Waals surface area contributed by atoms with E-state index in [-0.39, 0.29) is 5.91 Å². The highest BCUT2D eigenvalue weighted by Crippen LogP contribution is 2.21. The molecule has 1 aliphatic rings. The van der Waals surface area contributed by atoms with Crippen molar-refractivity contribution in [2.75, 3.05) is 31.1 Å². The van der Waals surface area contributed by atoms with Gasteiger partial charge in [-0.3, -0.25) is 4.79 Å². The topological polar surface area (TPSA) is 49.3 Å². The Balaban J connectivity index is 1.33. The summed E-state index contributed by atoms with van der Waals surface area (Å²) in [4.78, 5) is 25.6. The molecule has 0 N–H and O–H groups in total. The van der Waals surface area contributed by atoms with Gasteiger partial charge < -0.3 is 9.80 Å². The van der Waals surface area contributed by atoms with Crippen molar-refractivity contribution in [2.24, 2.45) is 0 Å². The van der Waals surface area contributed by atoms with E-state index in [2.05, 4.69) is 39.1 Å². The van der Waals surface area contributed by atoms with Gasteiger partial charge in [-0.25, -0.2) is 9.97 Å². The monoisotopic (exact) mass is 372 g/mol. The summed E-state index contributed by atoms with van der Waals surface area (Å²) in [6.45, 7) is 3.06. The fourth-order valence-corrected chi connectivity index (χ4v) is 3.53. The number of amides is 1. The first-order valence-corrected chi connectivity index (χ1v) is 9.74. The number of aromatic nitrogens is 2. The SMILES string of the molecule is O=C(CCc1ccccc1)N1CCN(c2cc(-c3ccccc3)ncn2)CC1. The Morgan fingerprint density at radius 3 is 2.25 bits per heavy atom. The standard InChI is InChI=1S/C23H24N4O/c28-23(12-11-19-7-3-1-4-8-19)27-15-13-26(14-16-27)22-17-21(24-18-25-22)20-9-5-2-6-10-20/h1-10,17-18H,11-16H2. The molecule has 142 valence electrons. The molecule has 2 heterocycles. The van der Waals surface area contributed by atoms with E-state index in [4.69, 9.17) is 0 Å². The van der Waals surface area contributed by atoms with Gasteiger partial charge in [0.25, 0.3) is 0 Å². The van der Waals surface area contributed by atoms with E-state index in [1.165, 1.54) is 5.56 Å². The van der Waals surface area contributed by atoms with Crippen molar-refractivity contribution in [2.45, 2.75) is 12.8 Å². The van der Waals surface area contributed by atoms with Crippen molar-refractivity contribution in [3.8, 4) is 11.3 Å². The van der Waals surface area contributed by atoms with Crippen molar-refractivity contribution >= 4 is 11.7 Å². The predicted octanol–water partition coefficient (Wildman–Crippen LogP) is 3.43. The van der Waals surface area contributed by atoms with E-state index in [1.807, 2.05) is 47.4 Å². The van der Waals surface area contributed by atoms with E-state index in [0.717, 1.165) is 49.7 Å². The molecule has 1 saturated heterocycles. The van der Waals surface area contributed by atoms with E-state index in [0.29, 0.717) is 6.42 Å². The summed E-state index contributed by atoms with van der Waals surface area (Å²) < 4.78 is 0. The van der Waals surface area contributed by atoms with Crippen LogP contribution in [0, 0.1) is 0 Å². The van der Waals surface area contributed by atoms with E-state index in [1.54, 1.807) is 6.33 Å².